The minimum absolute atomic E-state index is 0.0881. The molecule has 0 spiro atoms. The first-order valence-corrected chi connectivity index (χ1v) is 8.95. The molecule has 1 aliphatic heterocycles. The number of hydrogen-bond donors (Lipinski definition) is 0. The van der Waals surface area contributed by atoms with Crippen LogP contribution in [0.3, 0.4) is 0 Å². The molecule has 1 heterocycles. The maximum absolute atomic E-state index is 14.3. The topological polar surface area (TPSA) is 48.0 Å². The van der Waals surface area contributed by atoms with E-state index in [4.69, 9.17) is 14.2 Å². The highest BCUT2D eigenvalue weighted by atomic mass is 19.1. The molecule has 0 saturated heterocycles. The van der Waals surface area contributed by atoms with Crippen molar-refractivity contribution in [2.75, 3.05) is 32.8 Å². The fourth-order valence-electron chi connectivity index (χ4n) is 3.52. The largest absolute Gasteiger partial charge is 0.493 e. The number of rotatable bonds is 6. The van der Waals surface area contributed by atoms with Gasteiger partial charge in [-0.05, 0) is 48.6 Å². The summed E-state index contributed by atoms with van der Waals surface area (Å²) in [6, 6.07) is 8.65. The van der Waals surface area contributed by atoms with Gasteiger partial charge < -0.3 is 19.1 Å². The van der Waals surface area contributed by atoms with Crippen molar-refractivity contribution in [3.05, 3.63) is 47.3 Å². The van der Waals surface area contributed by atoms with Crippen molar-refractivity contribution in [1.29, 1.82) is 0 Å². The number of nitrogens with zero attached hydrogens (tertiary/aromatic N) is 1. The molecule has 0 radical (unpaired) electrons. The van der Waals surface area contributed by atoms with Crippen LogP contribution in [-0.2, 0) is 17.6 Å². The number of carbonyl (C=O) groups excluding carboxylic acids is 1. The third kappa shape index (κ3) is 3.84. The van der Waals surface area contributed by atoms with Crippen LogP contribution in [0.2, 0.25) is 0 Å². The van der Waals surface area contributed by atoms with Gasteiger partial charge in [0.1, 0.15) is 5.82 Å². The third-order valence-corrected chi connectivity index (χ3v) is 4.82. The van der Waals surface area contributed by atoms with Crippen molar-refractivity contribution < 1.29 is 23.4 Å². The Morgan fingerprint density at radius 1 is 1.11 bits per heavy atom. The molecule has 0 atom stereocenters. The van der Waals surface area contributed by atoms with Crippen molar-refractivity contribution in [2.45, 2.75) is 25.7 Å². The van der Waals surface area contributed by atoms with Crippen LogP contribution in [0.25, 0.3) is 0 Å². The van der Waals surface area contributed by atoms with Crippen LogP contribution in [0.1, 0.15) is 24.0 Å². The Bertz CT molecular complexity index is 812. The van der Waals surface area contributed by atoms with E-state index in [1.165, 1.54) is 6.07 Å². The number of ether oxygens (including phenoxy) is 3. The summed E-state index contributed by atoms with van der Waals surface area (Å²) in [4.78, 5) is 14.4. The molecule has 27 heavy (non-hydrogen) atoms. The number of aryl methyl sites for hydroxylation is 2. The molecule has 0 saturated carbocycles. The van der Waals surface area contributed by atoms with Gasteiger partial charge in [0.15, 0.2) is 11.5 Å². The summed E-state index contributed by atoms with van der Waals surface area (Å²) in [6.07, 6.45) is 2.40. The number of para-hydroxylation sites is 1. The van der Waals surface area contributed by atoms with Gasteiger partial charge in [-0.25, -0.2) is 4.39 Å². The molecule has 0 bridgehead atoms. The van der Waals surface area contributed by atoms with Crippen molar-refractivity contribution in [2.24, 2.45) is 0 Å². The second-order valence-corrected chi connectivity index (χ2v) is 6.43. The Kier molecular flexibility index (Phi) is 5.84. The minimum atomic E-state index is -0.340. The first kappa shape index (κ1) is 19.0. The van der Waals surface area contributed by atoms with E-state index < -0.39 is 0 Å². The summed E-state index contributed by atoms with van der Waals surface area (Å²) in [6.45, 7) is 0.544. The van der Waals surface area contributed by atoms with E-state index in [0.717, 1.165) is 24.0 Å². The van der Waals surface area contributed by atoms with E-state index >= 15 is 0 Å². The predicted molar refractivity (Wildman–Crippen MR) is 101 cm³/mol. The molecule has 6 heteroatoms. The van der Waals surface area contributed by atoms with E-state index in [2.05, 4.69) is 0 Å². The lowest BCUT2D eigenvalue weighted by Gasteiger charge is -2.30. The number of carbonyl (C=O) groups is 1. The molecule has 0 N–H and O–H groups in total. The smallest absolute Gasteiger partial charge is 0.227 e. The second kappa shape index (κ2) is 8.29. The van der Waals surface area contributed by atoms with Gasteiger partial charge in [0.2, 0.25) is 11.7 Å². The second-order valence-electron chi connectivity index (χ2n) is 6.43. The monoisotopic (exact) mass is 373 g/mol. The van der Waals surface area contributed by atoms with Crippen LogP contribution in [0, 0.1) is 5.82 Å². The molecule has 0 unspecified atom stereocenters. The highest BCUT2D eigenvalue weighted by molar-refractivity contribution is 5.94. The van der Waals surface area contributed by atoms with Gasteiger partial charge in [-0.3, -0.25) is 4.79 Å². The van der Waals surface area contributed by atoms with E-state index in [-0.39, 0.29) is 18.1 Å². The van der Waals surface area contributed by atoms with Crippen LogP contribution in [-0.4, -0.2) is 33.8 Å². The number of amides is 1. The van der Waals surface area contributed by atoms with Crippen molar-refractivity contribution in [1.82, 2.24) is 0 Å². The van der Waals surface area contributed by atoms with Gasteiger partial charge in [-0.1, -0.05) is 12.1 Å². The van der Waals surface area contributed by atoms with Crippen molar-refractivity contribution in [3.63, 3.8) is 0 Å². The summed E-state index contributed by atoms with van der Waals surface area (Å²) < 4.78 is 30.3. The maximum Gasteiger partial charge on any atom is 0.227 e. The third-order valence-electron chi connectivity index (χ3n) is 4.82. The van der Waals surface area contributed by atoms with E-state index in [0.29, 0.717) is 35.9 Å². The molecule has 0 aromatic heterocycles. The number of methoxy groups -OCH3 is 3. The van der Waals surface area contributed by atoms with E-state index in [1.54, 1.807) is 32.3 Å². The first-order chi connectivity index (χ1) is 13.1. The van der Waals surface area contributed by atoms with Gasteiger partial charge >= 0.3 is 0 Å². The molecular formula is C21H24FNO4. The number of anilines is 1. The molecule has 5 nitrogen and oxygen atoms in total. The molecule has 1 aliphatic rings. The number of hydrogen-bond acceptors (Lipinski definition) is 4. The van der Waals surface area contributed by atoms with E-state index in [1.807, 2.05) is 18.2 Å². The molecule has 3 rings (SSSR count). The summed E-state index contributed by atoms with van der Waals surface area (Å²) >= 11 is 0. The van der Waals surface area contributed by atoms with Crippen LogP contribution < -0.4 is 19.1 Å². The molecule has 144 valence electrons. The molecule has 1 amide bonds. The summed E-state index contributed by atoms with van der Waals surface area (Å²) in [5, 5.41) is 0. The fourth-order valence-corrected chi connectivity index (χ4v) is 3.52. The molecule has 2 aromatic carbocycles. The average molecular weight is 373 g/mol. The highest BCUT2D eigenvalue weighted by Gasteiger charge is 2.25. The lowest BCUT2D eigenvalue weighted by molar-refractivity contribution is -0.118. The van der Waals surface area contributed by atoms with Gasteiger partial charge in [-0.15, -0.1) is 0 Å². The van der Waals surface area contributed by atoms with Crippen molar-refractivity contribution in [3.8, 4) is 17.2 Å². The average Bonchev–Trinajstić information content (AvgIpc) is 2.70. The Labute approximate surface area is 158 Å². The van der Waals surface area contributed by atoms with Crippen LogP contribution >= 0.6 is 0 Å². The predicted octanol–water partition coefficient (Wildman–Crippen LogP) is 3.76. The quantitative estimate of drug-likeness (QED) is 0.774. The number of halogens is 1. The summed E-state index contributed by atoms with van der Waals surface area (Å²) in [5.41, 5.74) is 2.21. The number of benzene rings is 2. The minimum Gasteiger partial charge on any atom is -0.493 e. The standard InChI is InChI=1S/C21H24FNO4/c1-25-17-12-14(13-18(26-2)21(17)27-3)9-10-19(24)23-11-5-7-15-6-4-8-16(22)20(15)23/h4,6,8,12-13H,5,7,9-11H2,1-3H3. The fraction of sp³-hybridized carbons (Fsp3) is 0.381. The zero-order valence-electron chi connectivity index (χ0n) is 15.9. The van der Waals surface area contributed by atoms with Crippen LogP contribution in [0.15, 0.2) is 30.3 Å². The van der Waals surface area contributed by atoms with Crippen LogP contribution in [0.4, 0.5) is 10.1 Å². The van der Waals surface area contributed by atoms with Gasteiger partial charge in [0, 0.05) is 13.0 Å². The molecular weight excluding hydrogens is 349 g/mol. The zero-order chi connectivity index (χ0) is 19.4. The number of fused-ring (bicyclic) bond motifs is 1. The molecule has 0 aliphatic carbocycles. The van der Waals surface area contributed by atoms with Gasteiger partial charge in [0.25, 0.3) is 0 Å². The van der Waals surface area contributed by atoms with E-state index in [9.17, 15) is 9.18 Å². The van der Waals surface area contributed by atoms with Crippen LogP contribution in [0.5, 0.6) is 17.2 Å². The zero-order valence-corrected chi connectivity index (χ0v) is 15.9. The Balaban J connectivity index is 1.78. The lowest BCUT2D eigenvalue weighted by Crippen LogP contribution is -2.36. The highest BCUT2D eigenvalue weighted by Crippen LogP contribution is 2.38. The normalized spacial score (nSPS) is 13.1. The summed E-state index contributed by atoms with van der Waals surface area (Å²) in [5.74, 6) is 1.19. The Morgan fingerprint density at radius 2 is 1.81 bits per heavy atom. The SMILES string of the molecule is COc1cc(CCC(=O)N2CCCc3cccc(F)c32)cc(OC)c1OC. The molecule has 2 aromatic rings. The van der Waals surface area contributed by atoms with Crippen molar-refractivity contribution >= 4 is 11.6 Å². The van der Waals surface area contributed by atoms with Gasteiger partial charge in [-0.2, -0.15) is 0 Å². The first-order valence-electron chi connectivity index (χ1n) is 8.95. The lowest BCUT2D eigenvalue weighted by atomic mass is 10.00. The Hall–Kier alpha value is -2.76. The van der Waals surface area contributed by atoms with Gasteiger partial charge in [0.05, 0.1) is 27.0 Å². The summed E-state index contributed by atoms with van der Waals surface area (Å²) in [7, 11) is 4.66. The Morgan fingerprint density at radius 3 is 2.44 bits per heavy atom. The maximum atomic E-state index is 14.3. The molecule has 0 fully saturated rings.